The number of anilines is 1. The van der Waals surface area contributed by atoms with Gasteiger partial charge in [-0.25, -0.2) is 18.9 Å². The number of ether oxygens (including phenoxy) is 2. The van der Waals surface area contributed by atoms with Gasteiger partial charge in [-0.3, -0.25) is 9.59 Å². The molecule has 2 saturated heterocycles. The van der Waals surface area contributed by atoms with Crippen molar-refractivity contribution < 1.29 is 33.0 Å². The van der Waals surface area contributed by atoms with E-state index in [2.05, 4.69) is 10.6 Å². The molecule has 11 heteroatoms. The molecule has 2 aromatic carbocycles. The number of halogens is 1. The number of benzene rings is 2. The summed E-state index contributed by atoms with van der Waals surface area (Å²) in [5.74, 6) is -1.08. The molecule has 0 aromatic heterocycles. The number of fused-ring (bicyclic) bond motifs is 2. The van der Waals surface area contributed by atoms with E-state index in [1.807, 2.05) is 0 Å². The Hall–Kier alpha value is -4.15. The number of likely N-dealkylation sites (tertiary alicyclic amines) is 1. The fourth-order valence-electron chi connectivity index (χ4n) is 5.50. The zero-order valence-corrected chi connectivity index (χ0v) is 20.5. The summed E-state index contributed by atoms with van der Waals surface area (Å²) in [6.07, 6.45) is 1.22. The Bertz CT molecular complexity index is 1300. The van der Waals surface area contributed by atoms with Crippen LogP contribution in [0.4, 0.5) is 19.7 Å². The third-order valence-corrected chi connectivity index (χ3v) is 7.27. The molecule has 194 valence electrons. The summed E-state index contributed by atoms with van der Waals surface area (Å²) >= 11 is 0. The molecule has 2 aromatic rings. The number of carbonyl (C=O) groups is 4. The molecular formula is C26H27FN4O6. The molecule has 0 saturated carbocycles. The monoisotopic (exact) mass is 510 g/mol. The second kappa shape index (κ2) is 9.38. The average molecular weight is 511 g/mol. The van der Waals surface area contributed by atoms with Crippen LogP contribution in [-0.2, 0) is 26.3 Å². The molecule has 2 fully saturated rings. The van der Waals surface area contributed by atoms with Crippen LogP contribution in [0.25, 0.3) is 0 Å². The molecule has 37 heavy (non-hydrogen) atoms. The van der Waals surface area contributed by atoms with Gasteiger partial charge in [0.25, 0.3) is 5.91 Å². The van der Waals surface area contributed by atoms with E-state index in [1.54, 1.807) is 29.2 Å². The molecule has 2 heterocycles. The highest BCUT2D eigenvalue weighted by atomic mass is 19.1. The van der Waals surface area contributed by atoms with Gasteiger partial charge in [0, 0.05) is 42.9 Å². The summed E-state index contributed by atoms with van der Waals surface area (Å²) in [6.45, 7) is -0.0126. The highest BCUT2D eigenvalue weighted by molar-refractivity contribution is 6.06. The van der Waals surface area contributed by atoms with Crippen molar-refractivity contribution in [2.75, 3.05) is 32.6 Å². The smallest absolute Gasteiger partial charge is 0.418 e. The van der Waals surface area contributed by atoms with Gasteiger partial charge in [-0.1, -0.05) is 12.1 Å². The van der Waals surface area contributed by atoms with Crippen molar-refractivity contribution in [3.05, 3.63) is 58.9 Å². The largest absolute Gasteiger partial charge is 0.496 e. The lowest BCUT2D eigenvalue weighted by molar-refractivity contribution is -0.142. The van der Waals surface area contributed by atoms with E-state index in [4.69, 9.17) is 9.47 Å². The second-order valence-electron chi connectivity index (χ2n) is 9.29. The van der Waals surface area contributed by atoms with Crippen LogP contribution in [0, 0.1) is 5.82 Å². The number of nitrogens with zero attached hydrogens (tertiary/aromatic N) is 2. The van der Waals surface area contributed by atoms with Crippen molar-refractivity contribution in [1.29, 1.82) is 0 Å². The molecule has 5 amide bonds. The minimum absolute atomic E-state index is 0.250. The lowest BCUT2D eigenvalue weighted by atomic mass is 9.94. The first-order valence-corrected chi connectivity index (χ1v) is 12.1. The minimum atomic E-state index is -1.48. The molecule has 2 N–H and O–H groups in total. The first-order valence-electron chi connectivity index (χ1n) is 12.1. The van der Waals surface area contributed by atoms with Gasteiger partial charge in [0.2, 0.25) is 11.5 Å². The van der Waals surface area contributed by atoms with E-state index in [1.165, 1.54) is 26.3 Å². The van der Waals surface area contributed by atoms with E-state index >= 15 is 0 Å². The standard InChI is InChI=1S/C26H27FN4O6/c1-28-24(34)29-17-6-8-19-15(12-17)9-10-26(19)23(33)31(25(35)37-26)14-22(32)30-11-3-4-20(30)18-7-5-16(27)13-21(18)36-2/h5-8,12-13,20H,3-4,9-11,14H2,1-2H3,(H2,28,29,34)/t20?,26-/m1/s1. The molecule has 5 rings (SSSR count). The Morgan fingerprint density at radius 2 is 2.03 bits per heavy atom. The normalized spacial score (nSPS) is 22.3. The average Bonchev–Trinajstić information content (AvgIpc) is 3.57. The maximum Gasteiger partial charge on any atom is 0.418 e. The van der Waals surface area contributed by atoms with Gasteiger partial charge < -0.3 is 25.0 Å². The second-order valence-corrected chi connectivity index (χ2v) is 9.29. The van der Waals surface area contributed by atoms with Crippen LogP contribution in [0.5, 0.6) is 5.75 Å². The third-order valence-electron chi connectivity index (χ3n) is 7.27. The SMILES string of the molecule is CNC(=O)Nc1ccc2c(c1)CC[C@@]21OC(=O)N(CC(=O)N2CCCC2c2ccc(F)cc2OC)C1=O. The molecular weight excluding hydrogens is 483 g/mol. The van der Waals surface area contributed by atoms with Gasteiger partial charge in [-0.2, -0.15) is 0 Å². The number of nitrogens with one attached hydrogen (secondary N) is 2. The van der Waals surface area contributed by atoms with Crippen LogP contribution in [-0.4, -0.2) is 61.0 Å². The van der Waals surface area contributed by atoms with Crippen molar-refractivity contribution in [2.45, 2.75) is 37.3 Å². The molecule has 0 bridgehead atoms. The van der Waals surface area contributed by atoms with Gasteiger partial charge in [0.15, 0.2) is 0 Å². The Kier molecular flexibility index (Phi) is 6.22. The summed E-state index contributed by atoms with van der Waals surface area (Å²) in [5, 5.41) is 5.15. The van der Waals surface area contributed by atoms with Crippen LogP contribution in [0.1, 0.15) is 42.0 Å². The number of aryl methyl sites for hydroxylation is 1. The van der Waals surface area contributed by atoms with Crippen LogP contribution in [0.15, 0.2) is 36.4 Å². The molecule has 1 spiro atoms. The maximum atomic E-state index is 13.7. The number of rotatable bonds is 5. The number of hydrogen-bond donors (Lipinski definition) is 2. The predicted molar refractivity (Wildman–Crippen MR) is 129 cm³/mol. The van der Waals surface area contributed by atoms with Crippen LogP contribution in [0.2, 0.25) is 0 Å². The van der Waals surface area contributed by atoms with Crippen LogP contribution >= 0.6 is 0 Å². The zero-order valence-electron chi connectivity index (χ0n) is 20.5. The number of hydrogen-bond acceptors (Lipinski definition) is 6. The number of imide groups is 1. The summed E-state index contributed by atoms with van der Waals surface area (Å²) in [4.78, 5) is 53.8. The Morgan fingerprint density at radius 3 is 2.78 bits per heavy atom. The highest BCUT2D eigenvalue weighted by Gasteiger charge is 2.58. The van der Waals surface area contributed by atoms with Gasteiger partial charge >= 0.3 is 12.1 Å². The zero-order chi connectivity index (χ0) is 26.3. The molecule has 2 aliphatic heterocycles. The van der Waals surface area contributed by atoms with Crippen LogP contribution < -0.4 is 15.4 Å². The van der Waals surface area contributed by atoms with E-state index in [0.29, 0.717) is 42.0 Å². The van der Waals surface area contributed by atoms with Crippen molar-refractivity contribution in [1.82, 2.24) is 15.1 Å². The van der Waals surface area contributed by atoms with Crippen molar-refractivity contribution >= 4 is 29.6 Å². The predicted octanol–water partition coefficient (Wildman–Crippen LogP) is 3.07. The lowest BCUT2D eigenvalue weighted by Crippen LogP contribution is -2.44. The fraction of sp³-hybridized carbons (Fsp3) is 0.385. The molecule has 2 atom stereocenters. The molecule has 1 aliphatic carbocycles. The van der Waals surface area contributed by atoms with Crippen LogP contribution in [0.3, 0.4) is 0 Å². The van der Waals surface area contributed by atoms with Crippen molar-refractivity contribution in [3.8, 4) is 5.75 Å². The topological polar surface area (TPSA) is 117 Å². The fourth-order valence-corrected chi connectivity index (χ4v) is 5.50. The van der Waals surface area contributed by atoms with Crippen molar-refractivity contribution in [2.24, 2.45) is 0 Å². The first kappa shape index (κ1) is 24.5. The Labute approximate surface area is 212 Å². The van der Waals surface area contributed by atoms with Gasteiger partial charge in [-0.15, -0.1) is 0 Å². The summed E-state index contributed by atoms with van der Waals surface area (Å²) in [7, 11) is 2.94. The highest BCUT2D eigenvalue weighted by Crippen LogP contribution is 2.46. The van der Waals surface area contributed by atoms with Gasteiger partial charge in [-0.05, 0) is 43.0 Å². The minimum Gasteiger partial charge on any atom is -0.496 e. The number of methoxy groups -OCH3 is 1. The Morgan fingerprint density at radius 1 is 1.22 bits per heavy atom. The summed E-state index contributed by atoms with van der Waals surface area (Å²) in [6, 6.07) is 8.51. The van der Waals surface area contributed by atoms with Gasteiger partial charge in [0.05, 0.1) is 13.2 Å². The number of amides is 5. The Balaban J connectivity index is 1.34. The summed E-state index contributed by atoms with van der Waals surface area (Å²) in [5.41, 5.74) is 1.08. The van der Waals surface area contributed by atoms with E-state index in [-0.39, 0.29) is 18.5 Å². The quantitative estimate of drug-likeness (QED) is 0.639. The molecule has 10 nitrogen and oxygen atoms in total. The number of urea groups is 1. The first-order chi connectivity index (χ1) is 17.8. The molecule has 1 unspecified atom stereocenters. The summed E-state index contributed by atoms with van der Waals surface area (Å²) < 4.78 is 24.7. The maximum absolute atomic E-state index is 13.7. The van der Waals surface area contributed by atoms with E-state index < -0.39 is 35.9 Å². The van der Waals surface area contributed by atoms with E-state index in [9.17, 15) is 23.6 Å². The molecule has 3 aliphatic rings. The lowest BCUT2D eigenvalue weighted by Gasteiger charge is -2.27. The molecule has 0 radical (unpaired) electrons. The van der Waals surface area contributed by atoms with Gasteiger partial charge in [0.1, 0.15) is 18.1 Å². The van der Waals surface area contributed by atoms with Crippen molar-refractivity contribution in [3.63, 3.8) is 0 Å². The van der Waals surface area contributed by atoms with E-state index in [0.717, 1.165) is 16.9 Å². The third kappa shape index (κ3) is 4.13. The number of carbonyl (C=O) groups excluding carboxylic acids is 4.